The van der Waals surface area contributed by atoms with E-state index in [1.54, 1.807) is 10.6 Å². The molecule has 1 heteroatoms. The third-order valence-electron chi connectivity index (χ3n) is 5.26. The van der Waals surface area contributed by atoms with Crippen LogP contribution in [0.15, 0.2) is 42.5 Å². The van der Waals surface area contributed by atoms with Gasteiger partial charge in [0.15, 0.2) is 0 Å². The van der Waals surface area contributed by atoms with Gasteiger partial charge in [-0.3, -0.25) is 0 Å². The predicted octanol–water partition coefficient (Wildman–Crippen LogP) is 5.38. The monoisotopic (exact) mass is 310 g/mol. The summed E-state index contributed by atoms with van der Waals surface area (Å²) in [5.74, 6) is 0. The van der Waals surface area contributed by atoms with Gasteiger partial charge in [0, 0.05) is 0 Å². The quantitative estimate of drug-likeness (QED) is 0.668. The van der Waals surface area contributed by atoms with Crippen molar-refractivity contribution in [2.45, 2.75) is 58.5 Å². The molecule has 2 aromatic rings. The van der Waals surface area contributed by atoms with Gasteiger partial charge in [-0.1, -0.05) is 61.7 Å². The smallest absolute Gasteiger partial charge is 0.0129 e. The fourth-order valence-corrected chi connectivity index (χ4v) is 6.91. The summed E-state index contributed by atoms with van der Waals surface area (Å²) in [4.78, 5) is 0. The third kappa shape index (κ3) is 3.13. The summed E-state index contributed by atoms with van der Waals surface area (Å²) in [6, 6.07) is 16.0. The molecule has 1 atom stereocenters. The van der Waals surface area contributed by atoms with Crippen molar-refractivity contribution in [3.8, 4) is 0 Å². The van der Waals surface area contributed by atoms with E-state index in [0.29, 0.717) is 0 Å². The van der Waals surface area contributed by atoms with E-state index >= 15 is 0 Å². The minimum absolute atomic E-state index is 0.218. The molecule has 1 unspecified atom stereocenters. The van der Waals surface area contributed by atoms with Crippen LogP contribution in [0.5, 0.6) is 0 Å². The van der Waals surface area contributed by atoms with Crippen molar-refractivity contribution in [1.29, 1.82) is 0 Å². The average molecular weight is 310 g/mol. The van der Waals surface area contributed by atoms with Crippen LogP contribution in [0.4, 0.5) is 0 Å². The fourth-order valence-electron chi connectivity index (χ4n) is 3.68. The molecule has 0 saturated heterocycles. The highest BCUT2D eigenvalue weighted by Crippen LogP contribution is 2.47. The zero-order valence-corrected chi connectivity index (χ0v) is 15.0. The highest BCUT2D eigenvalue weighted by Gasteiger charge is 2.27. The largest absolute Gasteiger partial charge is 0.0622 e. The standard InChI is InChI=1S/C21H27P/c1-16-14-15-21(18(3)17(16)2)22(19-10-6-4-7-11-19)20-12-8-5-9-13-20/h4,6-7,10-11,14-15,20H,5,8-9,12-13H2,1-3H3. The second-order valence-electron chi connectivity index (χ2n) is 6.65. The maximum Gasteiger partial charge on any atom is -0.0129 e. The van der Waals surface area contributed by atoms with Crippen LogP contribution in [0.3, 0.4) is 0 Å². The van der Waals surface area contributed by atoms with Crippen molar-refractivity contribution < 1.29 is 0 Å². The van der Waals surface area contributed by atoms with E-state index in [1.807, 2.05) is 0 Å². The molecular formula is C21H27P. The molecule has 2 aromatic carbocycles. The number of aryl methyl sites for hydroxylation is 1. The van der Waals surface area contributed by atoms with Gasteiger partial charge in [0.1, 0.15) is 0 Å². The van der Waals surface area contributed by atoms with E-state index in [1.165, 1.54) is 48.8 Å². The van der Waals surface area contributed by atoms with Gasteiger partial charge in [-0.15, -0.1) is 0 Å². The Bertz CT molecular complexity index is 624. The van der Waals surface area contributed by atoms with Crippen molar-refractivity contribution >= 4 is 18.5 Å². The number of hydrogen-bond acceptors (Lipinski definition) is 0. The van der Waals surface area contributed by atoms with Gasteiger partial charge in [-0.2, -0.15) is 0 Å². The van der Waals surface area contributed by atoms with Gasteiger partial charge in [-0.25, -0.2) is 0 Å². The molecule has 0 amide bonds. The van der Waals surface area contributed by atoms with Gasteiger partial charge in [0.2, 0.25) is 0 Å². The molecule has 0 nitrogen and oxygen atoms in total. The predicted molar refractivity (Wildman–Crippen MR) is 100 cm³/mol. The van der Waals surface area contributed by atoms with Gasteiger partial charge in [-0.05, 0) is 74.5 Å². The molecule has 3 rings (SSSR count). The van der Waals surface area contributed by atoms with Gasteiger partial charge >= 0.3 is 0 Å². The van der Waals surface area contributed by atoms with Crippen LogP contribution in [0.2, 0.25) is 0 Å². The fraction of sp³-hybridized carbons (Fsp3) is 0.429. The second kappa shape index (κ2) is 6.97. The second-order valence-corrected chi connectivity index (χ2v) is 9.12. The maximum absolute atomic E-state index is 2.42. The molecule has 1 saturated carbocycles. The van der Waals surface area contributed by atoms with Crippen molar-refractivity contribution in [3.63, 3.8) is 0 Å². The summed E-state index contributed by atoms with van der Waals surface area (Å²) in [7, 11) is -0.218. The van der Waals surface area contributed by atoms with Crippen molar-refractivity contribution in [2.75, 3.05) is 0 Å². The molecule has 1 fully saturated rings. The van der Waals surface area contributed by atoms with Crippen LogP contribution >= 0.6 is 7.92 Å². The van der Waals surface area contributed by atoms with Crippen molar-refractivity contribution in [1.82, 2.24) is 0 Å². The Hall–Kier alpha value is -1.13. The molecule has 116 valence electrons. The van der Waals surface area contributed by atoms with E-state index in [2.05, 4.69) is 63.2 Å². The van der Waals surface area contributed by atoms with Crippen LogP contribution in [0.1, 0.15) is 48.8 Å². The SMILES string of the molecule is Cc1ccc(P(c2ccccc2)C2CCCCC2)c(C)c1C. The summed E-state index contributed by atoms with van der Waals surface area (Å²) < 4.78 is 0. The molecule has 0 N–H and O–H groups in total. The van der Waals surface area contributed by atoms with E-state index in [-0.39, 0.29) is 7.92 Å². The summed E-state index contributed by atoms with van der Waals surface area (Å²) in [5.41, 5.74) is 5.30. The van der Waals surface area contributed by atoms with E-state index in [0.717, 1.165) is 5.66 Å². The lowest BCUT2D eigenvalue weighted by atomic mass is 10.0. The molecular weight excluding hydrogens is 283 g/mol. The molecule has 0 heterocycles. The average Bonchev–Trinajstić information content (AvgIpc) is 2.57. The van der Waals surface area contributed by atoms with Crippen LogP contribution in [-0.4, -0.2) is 5.66 Å². The number of benzene rings is 2. The number of rotatable bonds is 3. The third-order valence-corrected chi connectivity index (χ3v) is 8.37. The Morgan fingerprint density at radius 2 is 1.45 bits per heavy atom. The first kappa shape index (κ1) is 15.8. The summed E-state index contributed by atoms with van der Waals surface area (Å²) >= 11 is 0. The Kier molecular flexibility index (Phi) is 4.99. The topological polar surface area (TPSA) is 0 Å². The lowest BCUT2D eigenvalue weighted by Crippen LogP contribution is -2.25. The van der Waals surface area contributed by atoms with Crippen LogP contribution in [0, 0.1) is 20.8 Å². The normalized spacial score (nSPS) is 17.4. The zero-order chi connectivity index (χ0) is 15.5. The summed E-state index contributed by atoms with van der Waals surface area (Å²) in [6.45, 7) is 6.85. The Morgan fingerprint density at radius 3 is 2.14 bits per heavy atom. The first-order valence-corrected chi connectivity index (χ1v) is 10.0. The Morgan fingerprint density at radius 1 is 0.773 bits per heavy atom. The Balaban J connectivity index is 2.07. The molecule has 0 aliphatic heterocycles. The molecule has 22 heavy (non-hydrogen) atoms. The molecule has 1 aliphatic rings. The Labute approximate surface area is 136 Å². The molecule has 1 aliphatic carbocycles. The molecule has 0 bridgehead atoms. The lowest BCUT2D eigenvalue weighted by Gasteiger charge is -2.33. The summed E-state index contributed by atoms with van der Waals surface area (Å²) in [5, 5.41) is 3.19. The maximum atomic E-state index is 2.42. The highest BCUT2D eigenvalue weighted by atomic mass is 31.1. The zero-order valence-electron chi connectivity index (χ0n) is 14.1. The number of hydrogen-bond donors (Lipinski definition) is 0. The van der Waals surface area contributed by atoms with E-state index < -0.39 is 0 Å². The van der Waals surface area contributed by atoms with Gasteiger partial charge in [0.25, 0.3) is 0 Å². The first-order valence-electron chi connectivity index (χ1n) is 8.59. The molecule has 0 radical (unpaired) electrons. The summed E-state index contributed by atoms with van der Waals surface area (Å²) in [6.07, 6.45) is 7.08. The highest BCUT2D eigenvalue weighted by molar-refractivity contribution is 7.73. The van der Waals surface area contributed by atoms with Gasteiger partial charge < -0.3 is 0 Å². The van der Waals surface area contributed by atoms with Crippen LogP contribution in [-0.2, 0) is 0 Å². The van der Waals surface area contributed by atoms with E-state index in [9.17, 15) is 0 Å². The first-order chi connectivity index (χ1) is 10.7. The molecule has 0 aromatic heterocycles. The lowest BCUT2D eigenvalue weighted by molar-refractivity contribution is 0.513. The van der Waals surface area contributed by atoms with Crippen LogP contribution in [0.25, 0.3) is 0 Å². The van der Waals surface area contributed by atoms with Crippen molar-refractivity contribution in [2.24, 2.45) is 0 Å². The van der Waals surface area contributed by atoms with Gasteiger partial charge in [0.05, 0.1) is 0 Å². The minimum atomic E-state index is -0.218. The molecule has 0 spiro atoms. The van der Waals surface area contributed by atoms with Crippen LogP contribution < -0.4 is 10.6 Å². The van der Waals surface area contributed by atoms with Crippen molar-refractivity contribution in [3.05, 3.63) is 59.2 Å². The minimum Gasteiger partial charge on any atom is -0.0622 e. The van der Waals surface area contributed by atoms with E-state index in [4.69, 9.17) is 0 Å².